The minimum atomic E-state index is -0.646. The Morgan fingerprint density at radius 3 is 2.88 bits per heavy atom. The van der Waals surface area contributed by atoms with Gasteiger partial charge in [-0.2, -0.15) is 5.26 Å². The van der Waals surface area contributed by atoms with Gasteiger partial charge in [-0.05, 0) is 28.1 Å². The zero-order chi connectivity index (χ0) is 11.7. The summed E-state index contributed by atoms with van der Waals surface area (Å²) in [6.45, 7) is 1.44. The fourth-order valence-corrected chi connectivity index (χ4v) is 2.25. The number of hydrogen-bond donors (Lipinski definition) is 0. The molecule has 0 fully saturated rings. The zero-order valence-electron chi connectivity index (χ0n) is 8.55. The summed E-state index contributed by atoms with van der Waals surface area (Å²) in [5, 5.41) is 8.55. The van der Waals surface area contributed by atoms with Crippen LogP contribution in [0.15, 0.2) is 24.3 Å². The highest BCUT2D eigenvalue weighted by Crippen LogP contribution is 2.37. The molecule has 1 heterocycles. The van der Waals surface area contributed by atoms with Crippen molar-refractivity contribution in [3.8, 4) is 11.8 Å². The first-order valence-corrected chi connectivity index (χ1v) is 5.66. The fourth-order valence-electron chi connectivity index (χ4n) is 1.69. The Hall–Kier alpha value is -1.54. The van der Waals surface area contributed by atoms with Crippen LogP contribution in [0.25, 0.3) is 0 Å². The van der Waals surface area contributed by atoms with E-state index >= 15 is 0 Å². The van der Waals surface area contributed by atoms with Gasteiger partial charge in [-0.3, -0.25) is 9.69 Å². The third kappa shape index (κ3) is 1.65. The minimum absolute atomic E-state index is 0.174. The lowest BCUT2D eigenvalue weighted by Crippen LogP contribution is -2.48. The van der Waals surface area contributed by atoms with Gasteiger partial charge in [0, 0.05) is 6.92 Å². The molecular formula is C11H9BrN2O2. The van der Waals surface area contributed by atoms with Gasteiger partial charge in [0.05, 0.1) is 11.8 Å². The zero-order valence-corrected chi connectivity index (χ0v) is 10.1. The number of nitrogens with zero attached hydrogens (tertiary/aromatic N) is 2. The molecule has 2 atom stereocenters. The van der Waals surface area contributed by atoms with Crippen molar-refractivity contribution in [2.24, 2.45) is 0 Å². The number of ether oxygens (including phenoxy) is 1. The largest absolute Gasteiger partial charge is 0.474 e. The van der Waals surface area contributed by atoms with Gasteiger partial charge in [-0.15, -0.1) is 0 Å². The highest BCUT2D eigenvalue weighted by atomic mass is 79.9. The van der Waals surface area contributed by atoms with Crippen molar-refractivity contribution in [2.45, 2.75) is 18.0 Å². The molecule has 16 heavy (non-hydrogen) atoms. The number of fused-ring (bicyclic) bond motifs is 1. The maximum absolute atomic E-state index is 11.6. The Morgan fingerprint density at radius 2 is 2.25 bits per heavy atom. The van der Waals surface area contributed by atoms with Gasteiger partial charge >= 0.3 is 0 Å². The highest BCUT2D eigenvalue weighted by Gasteiger charge is 2.36. The fraction of sp³-hybridized carbons (Fsp3) is 0.273. The van der Waals surface area contributed by atoms with E-state index in [1.807, 2.05) is 6.07 Å². The first-order valence-electron chi connectivity index (χ1n) is 4.74. The molecule has 0 saturated carbocycles. The van der Waals surface area contributed by atoms with Crippen molar-refractivity contribution in [3.63, 3.8) is 0 Å². The summed E-state index contributed by atoms with van der Waals surface area (Å²) in [5.74, 6) is 0.429. The summed E-state index contributed by atoms with van der Waals surface area (Å²) in [6, 6.07) is 8.58. The molecule has 0 aliphatic carbocycles. The third-order valence-electron chi connectivity index (χ3n) is 2.36. The van der Waals surface area contributed by atoms with Crippen molar-refractivity contribution in [1.29, 1.82) is 5.26 Å². The first kappa shape index (κ1) is 11.0. The van der Waals surface area contributed by atoms with Crippen molar-refractivity contribution in [3.05, 3.63) is 24.3 Å². The summed E-state index contributed by atoms with van der Waals surface area (Å²) < 4.78 is 5.52. The van der Waals surface area contributed by atoms with Crippen LogP contribution < -0.4 is 9.64 Å². The number of hydrogen-bond acceptors (Lipinski definition) is 3. The van der Waals surface area contributed by atoms with E-state index in [4.69, 9.17) is 10.00 Å². The highest BCUT2D eigenvalue weighted by molar-refractivity contribution is 9.09. The molecule has 4 nitrogen and oxygen atoms in total. The van der Waals surface area contributed by atoms with Gasteiger partial charge in [0.2, 0.25) is 5.91 Å². The van der Waals surface area contributed by atoms with Crippen LogP contribution in [0.2, 0.25) is 0 Å². The van der Waals surface area contributed by atoms with Crippen LogP contribution in [0, 0.1) is 11.3 Å². The van der Waals surface area contributed by atoms with Gasteiger partial charge in [0.25, 0.3) is 0 Å². The van der Waals surface area contributed by atoms with E-state index in [0.717, 1.165) is 0 Å². The molecule has 1 aliphatic heterocycles. The SMILES string of the molecule is CC(=O)N1c2ccccc2OC(Br)C1C#N. The van der Waals surface area contributed by atoms with Crippen molar-refractivity contribution < 1.29 is 9.53 Å². The molecule has 0 radical (unpaired) electrons. The number of anilines is 1. The first-order chi connectivity index (χ1) is 7.65. The maximum atomic E-state index is 11.6. The third-order valence-corrected chi connectivity index (χ3v) is 3.05. The predicted molar refractivity (Wildman–Crippen MR) is 62.3 cm³/mol. The number of amides is 1. The van der Waals surface area contributed by atoms with E-state index in [-0.39, 0.29) is 5.91 Å². The lowest BCUT2D eigenvalue weighted by molar-refractivity contribution is -0.117. The van der Waals surface area contributed by atoms with Gasteiger partial charge in [0.1, 0.15) is 5.75 Å². The Kier molecular flexibility index (Phi) is 2.84. The standard InChI is InChI=1S/C11H9BrN2O2/c1-7(15)14-8-4-2-3-5-10(8)16-11(12)9(14)6-13/h2-5,9,11H,1H3. The number of rotatable bonds is 0. The minimum Gasteiger partial charge on any atom is -0.474 e. The molecule has 1 amide bonds. The second-order valence-corrected chi connectivity index (χ2v) is 4.30. The molecule has 0 aromatic heterocycles. The molecule has 0 bridgehead atoms. The van der Waals surface area contributed by atoms with Crippen molar-refractivity contribution in [2.75, 3.05) is 4.90 Å². The maximum Gasteiger partial charge on any atom is 0.225 e. The smallest absolute Gasteiger partial charge is 0.225 e. The molecule has 1 aromatic carbocycles. The quantitative estimate of drug-likeness (QED) is 0.684. The number of carbonyl (C=O) groups is 1. The lowest BCUT2D eigenvalue weighted by Gasteiger charge is -2.35. The molecule has 5 heteroatoms. The molecule has 1 aromatic rings. The molecular weight excluding hydrogens is 272 g/mol. The van der Waals surface area contributed by atoms with E-state index in [1.54, 1.807) is 18.2 Å². The molecule has 0 N–H and O–H groups in total. The second kappa shape index (κ2) is 4.14. The summed E-state index contributed by atoms with van der Waals surface area (Å²) in [4.78, 5) is 13.0. The Labute approximate surface area is 102 Å². The molecule has 2 unspecified atom stereocenters. The molecule has 0 saturated heterocycles. The van der Waals surface area contributed by atoms with E-state index in [2.05, 4.69) is 22.0 Å². The number of benzene rings is 1. The normalized spacial score (nSPS) is 22.9. The summed E-state index contributed by atoms with van der Waals surface area (Å²) in [7, 11) is 0. The van der Waals surface area contributed by atoms with Gasteiger partial charge in [-0.25, -0.2) is 0 Å². The molecule has 1 aliphatic rings. The van der Waals surface area contributed by atoms with E-state index in [1.165, 1.54) is 11.8 Å². The predicted octanol–water partition coefficient (Wildman–Crippen LogP) is 2.05. The number of carbonyl (C=O) groups excluding carboxylic acids is 1. The molecule has 0 spiro atoms. The Morgan fingerprint density at radius 1 is 1.56 bits per heavy atom. The number of halogens is 1. The number of para-hydroxylation sites is 2. The van der Waals surface area contributed by atoms with E-state index < -0.39 is 11.1 Å². The Balaban J connectivity index is 2.53. The van der Waals surface area contributed by atoms with Crippen LogP contribution in [-0.4, -0.2) is 17.0 Å². The summed E-state index contributed by atoms with van der Waals surface area (Å²) in [5.41, 5.74) is 0.636. The van der Waals surface area contributed by atoms with Crippen LogP contribution in [0.5, 0.6) is 5.75 Å². The monoisotopic (exact) mass is 280 g/mol. The van der Waals surface area contributed by atoms with Gasteiger partial charge in [0.15, 0.2) is 11.1 Å². The average Bonchev–Trinajstić information content (AvgIpc) is 2.26. The molecule has 2 rings (SSSR count). The lowest BCUT2D eigenvalue weighted by atomic mass is 10.1. The van der Waals surface area contributed by atoms with Crippen molar-refractivity contribution in [1.82, 2.24) is 0 Å². The van der Waals surface area contributed by atoms with Crippen LogP contribution in [0.4, 0.5) is 5.69 Å². The van der Waals surface area contributed by atoms with Crippen molar-refractivity contribution >= 4 is 27.5 Å². The summed E-state index contributed by atoms with van der Waals surface area (Å²) >= 11 is 3.25. The van der Waals surface area contributed by atoms with Gasteiger partial charge < -0.3 is 4.74 Å². The molecule has 82 valence electrons. The van der Waals surface area contributed by atoms with E-state index in [9.17, 15) is 4.79 Å². The van der Waals surface area contributed by atoms with E-state index in [0.29, 0.717) is 11.4 Å². The number of nitriles is 1. The van der Waals surface area contributed by atoms with Crippen LogP contribution in [-0.2, 0) is 4.79 Å². The number of alkyl halides is 1. The average molecular weight is 281 g/mol. The summed E-state index contributed by atoms with van der Waals surface area (Å²) in [6.07, 6.45) is 0. The second-order valence-electron chi connectivity index (χ2n) is 3.40. The van der Waals surface area contributed by atoms with Crippen LogP contribution in [0.1, 0.15) is 6.92 Å². The van der Waals surface area contributed by atoms with Crippen LogP contribution in [0.3, 0.4) is 0 Å². The topological polar surface area (TPSA) is 53.3 Å². The van der Waals surface area contributed by atoms with Gasteiger partial charge in [-0.1, -0.05) is 12.1 Å². The Bertz CT molecular complexity index is 469. The van der Waals surface area contributed by atoms with Crippen LogP contribution >= 0.6 is 15.9 Å².